The third kappa shape index (κ3) is 9.49. The maximum atomic E-state index is 6.30. The lowest BCUT2D eigenvalue weighted by Gasteiger charge is -2.17. The summed E-state index contributed by atoms with van der Waals surface area (Å²) in [6, 6.07) is 36.9. The van der Waals surface area contributed by atoms with Crippen molar-refractivity contribution < 1.29 is 4.74 Å². The minimum absolute atomic E-state index is 0.217. The highest BCUT2D eigenvalue weighted by Gasteiger charge is 2.18. The van der Waals surface area contributed by atoms with Gasteiger partial charge in [-0.15, -0.1) is 0 Å². The summed E-state index contributed by atoms with van der Waals surface area (Å²) in [6.45, 7) is 2.53. The van der Waals surface area contributed by atoms with E-state index < -0.39 is 0 Å². The maximum Gasteiger partial charge on any atom is 0.190 e. The molecule has 0 saturated carbocycles. The third-order valence-corrected chi connectivity index (χ3v) is 11.5. The molecule has 0 bridgehead atoms. The van der Waals surface area contributed by atoms with Crippen molar-refractivity contribution in [3.05, 3.63) is 125 Å². The third-order valence-electron chi connectivity index (χ3n) is 4.94. The Hall–Kier alpha value is -1.96. The van der Waals surface area contributed by atoms with Crippen LogP contribution < -0.4 is 0 Å². The van der Waals surface area contributed by atoms with Gasteiger partial charge in [-0.05, 0) is 61.0 Å². The van der Waals surface area contributed by atoms with E-state index in [2.05, 4.69) is 67.6 Å². The van der Waals surface area contributed by atoms with Gasteiger partial charge in [-0.3, -0.25) is 0 Å². The van der Waals surface area contributed by atoms with Crippen LogP contribution in [0.5, 0.6) is 0 Å². The van der Waals surface area contributed by atoms with E-state index in [1.807, 2.05) is 70.1 Å². The van der Waals surface area contributed by atoms with Crippen molar-refractivity contribution >= 4 is 66.4 Å². The number of hydrogen-bond donors (Lipinski definition) is 0. The number of halogens is 1. The van der Waals surface area contributed by atoms with Crippen LogP contribution in [-0.4, -0.2) is 10.5 Å². The summed E-state index contributed by atoms with van der Waals surface area (Å²) in [4.78, 5) is 7.37. The van der Waals surface area contributed by atoms with Crippen LogP contribution in [0.15, 0.2) is 124 Å². The Bertz CT molecular complexity index is 1180. The molecule has 0 aliphatic rings. The highest BCUT2D eigenvalue weighted by molar-refractivity contribution is 8.85. The smallest absolute Gasteiger partial charge is 0.190 e. The molecule has 4 aromatic rings. The lowest BCUT2D eigenvalue weighted by molar-refractivity contribution is 0.285. The second kappa shape index (κ2) is 14.7. The van der Waals surface area contributed by atoms with Crippen LogP contribution in [0.3, 0.4) is 0 Å². The Morgan fingerprint density at radius 1 is 0.750 bits per heavy atom. The van der Waals surface area contributed by atoms with Gasteiger partial charge in [-0.2, -0.15) is 0 Å². The molecular formula is C29H26ClNOS4. The Labute approximate surface area is 234 Å². The first-order valence-corrected chi connectivity index (χ1v) is 16.2. The van der Waals surface area contributed by atoms with Crippen LogP contribution in [0, 0.1) is 6.92 Å². The lowest BCUT2D eigenvalue weighted by Crippen LogP contribution is -2.10. The van der Waals surface area contributed by atoms with Crippen molar-refractivity contribution in [3.63, 3.8) is 0 Å². The van der Waals surface area contributed by atoms with Gasteiger partial charge < -0.3 is 4.74 Å². The normalized spacial score (nSPS) is 11.6. The summed E-state index contributed by atoms with van der Waals surface area (Å²) in [5, 5.41) is 0.719. The molecule has 4 aromatic carbocycles. The average Bonchev–Trinajstić information content (AvgIpc) is 2.92. The van der Waals surface area contributed by atoms with Crippen molar-refractivity contribution in [1.82, 2.24) is 0 Å². The minimum Gasteiger partial charge on any atom is -0.476 e. The van der Waals surface area contributed by atoms with E-state index in [9.17, 15) is 0 Å². The standard InChI is InChI=1S/C29H26ClNOS4/c1-22-12-18-25(19-13-22)31-28(32-21-23-14-16-24(30)17-15-23)20-29(35-33-26-8-4-2-5-9-26)36-34-27-10-6-3-7-11-27/h2-19,29H,20-21H2,1H3. The summed E-state index contributed by atoms with van der Waals surface area (Å²) in [7, 11) is 7.25. The number of ether oxygens (including phenoxy) is 1. The Morgan fingerprint density at radius 2 is 1.31 bits per heavy atom. The maximum absolute atomic E-state index is 6.30. The zero-order valence-corrected chi connectivity index (χ0v) is 23.8. The van der Waals surface area contributed by atoms with Crippen LogP contribution in [0.2, 0.25) is 5.02 Å². The second-order valence-corrected chi connectivity index (χ2v) is 13.6. The predicted octanol–water partition coefficient (Wildman–Crippen LogP) is 10.5. The Kier molecular flexibility index (Phi) is 11.1. The first kappa shape index (κ1) is 27.1. The van der Waals surface area contributed by atoms with Crippen LogP contribution >= 0.6 is 54.8 Å². The van der Waals surface area contributed by atoms with Crippen molar-refractivity contribution in [2.75, 3.05) is 0 Å². The average molecular weight is 568 g/mol. The van der Waals surface area contributed by atoms with Gasteiger partial charge in [0.15, 0.2) is 5.90 Å². The number of hydrogen-bond acceptors (Lipinski definition) is 6. The van der Waals surface area contributed by atoms with E-state index in [-0.39, 0.29) is 4.58 Å². The van der Waals surface area contributed by atoms with Gasteiger partial charge in [0.25, 0.3) is 0 Å². The molecule has 0 spiro atoms. The molecule has 4 rings (SSSR count). The highest BCUT2D eigenvalue weighted by atomic mass is 35.5. The quantitative estimate of drug-likeness (QED) is 0.0775. The van der Waals surface area contributed by atoms with Gasteiger partial charge in [-0.25, -0.2) is 4.99 Å². The van der Waals surface area contributed by atoms with E-state index >= 15 is 0 Å². The first-order valence-electron chi connectivity index (χ1n) is 11.4. The molecule has 36 heavy (non-hydrogen) atoms. The highest BCUT2D eigenvalue weighted by Crippen LogP contribution is 2.47. The van der Waals surface area contributed by atoms with Crippen LogP contribution in [-0.2, 0) is 11.3 Å². The number of rotatable bonds is 11. The van der Waals surface area contributed by atoms with Gasteiger partial charge in [0.1, 0.15) is 6.61 Å². The zero-order valence-electron chi connectivity index (χ0n) is 19.8. The number of nitrogens with zero attached hydrogens (tertiary/aromatic N) is 1. The fraction of sp³-hybridized carbons (Fsp3) is 0.138. The van der Waals surface area contributed by atoms with E-state index in [1.165, 1.54) is 15.4 Å². The van der Waals surface area contributed by atoms with Gasteiger partial charge >= 0.3 is 0 Å². The molecular weight excluding hydrogens is 542 g/mol. The zero-order chi connectivity index (χ0) is 25.0. The summed E-state index contributed by atoms with van der Waals surface area (Å²) >= 11 is 6.06. The van der Waals surface area contributed by atoms with Gasteiger partial charge in [0, 0.05) is 21.2 Å². The number of aliphatic imine (C=N–C) groups is 1. The summed E-state index contributed by atoms with van der Waals surface area (Å²) in [6.07, 6.45) is 0.691. The first-order chi connectivity index (χ1) is 17.6. The van der Waals surface area contributed by atoms with Crippen molar-refractivity contribution in [2.45, 2.75) is 34.3 Å². The van der Waals surface area contributed by atoms with E-state index in [1.54, 1.807) is 21.6 Å². The summed E-state index contributed by atoms with van der Waals surface area (Å²) in [5.74, 6) is 0.723. The van der Waals surface area contributed by atoms with E-state index in [0.717, 1.165) is 22.2 Å². The van der Waals surface area contributed by atoms with E-state index in [4.69, 9.17) is 21.3 Å². The Balaban J connectivity index is 1.51. The summed E-state index contributed by atoms with van der Waals surface area (Å²) < 4.78 is 6.52. The molecule has 0 unspecified atom stereocenters. The fourth-order valence-corrected chi connectivity index (χ4v) is 8.94. The van der Waals surface area contributed by atoms with Crippen LogP contribution in [0.4, 0.5) is 5.69 Å². The molecule has 0 fully saturated rings. The largest absolute Gasteiger partial charge is 0.476 e. The molecule has 0 atom stereocenters. The molecule has 0 amide bonds. The number of benzene rings is 4. The molecule has 0 radical (unpaired) electrons. The minimum atomic E-state index is 0.217. The van der Waals surface area contributed by atoms with Gasteiger partial charge in [0.2, 0.25) is 0 Å². The molecule has 0 aromatic heterocycles. The Morgan fingerprint density at radius 3 is 1.86 bits per heavy atom. The predicted molar refractivity (Wildman–Crippen MR) is 163 cm³/mol. The van der Waals surface area contributed by atoms with Gasteiger partial charge in [0.05, 0.1) is 10.3 Å². The molecule has 0 aliphatic carbocycles. The van der Waals surface area contributed by atoms with Crippen molar-refractivity contribution in [2.24, 2.45) is 4.99 Å². The molecule has 7 heteroatoms. The molecule has 0 heterocycles. The van der Waals surface area contributed by atoms with Crippen molar-refractivity contribution in [1.29, 1.82) is 0 Å². The van der Waals surface area contributed by atoms with Crippen LogP contribution in [0.25, 0.3) is 0 Å². The molecule has 0 aliphatic heterocycles. The van der Waals surface area contributed by atoms with Crippen molar-refractivity contribution in [3.8, 4) is 0 Å². The topological polar surface area (TPSA) is 21.6 Å². The SMILES string of the molecule is Cc1ccc(N=C(CC(SSc2ccccc2)SSc2ccccc2)OCc2ccc(Cl)cc2)cc1. The molecule has 0 saturated heterocycles. The fourth-order valence-electron chi connectivity index (χ4n) is 3.04. The monoisotopic (exact) mass is 567 g/mol. The molecule has 0 N–H and O–H groups in total. The van der Waals surface area contributed by atoms with Gasteiger partial charge in [-0.1, -0.05) is 121 Å². The lowest BCUT2D eigenvalue weighted by atomic mass is 10.2. The van der Waals surface area contributed by atoms with E-state index in [0.29, 0.717) is 13.0 Å². The summed E-state index contributed by atoms with van der Waals surface area (Å²) in [5.41, 5.74) is 3.16. The van der Waals surface area contributed by atoms with Crippen LogP contribution in [0.1, 0.15) is 17.5 Å². The second-order valence-electron chi connectivity index (χ2n) is 7.88. The number of aryl methyl sites for hydroxylation is 1. The molecule has 184 valence electrons. The molecule has 2 nitrogen and oxygen atoms in total.